The lowest BCUT2D eigenvalue weighted by Crippen LogP contribution is -2.24. The van der Waals surface area contributed by atoms with Crippen LogP contribution in [0.2, 0.25) is 0 Å². The first-order chi connectivity index (χ1) is 12.6. The summed E-state index contributed by atoms with van der Waals surface area (Å²) < 4.78 is 21.3. The highest BCUT2D eigenvalue weighted by Gasteiger charge is 2.21. The molecular formula is C19H20N2O5. The second-order valence-corrected chi connectivity index (χ2v) is 5.57. The highest BCUT2D eigenvalue weighted by molar-refractivity contribution is 6.14. The smallest absolute Gasteiger partial charge is 0.275 e. The number of methoxy groups -OCH3 is 3. The predicted molar refractivity (Wildman–Crippen MR) is 96.7 cm³/mol. The fourth-order valence-corrected chi connectivity index (χ4v) is 2.64. The lowest BCUT2D eigenvalue weighted by atomic mass is 10.1. The zero-order valence-electron chi connectivity index (χ0n) is 14.9. The van der Waals surface area contributed by atoms with Gasteiger partial charge in [0.1, 0.15) is 23.0 Å². The van der Waals surface area contributed by atoms with E-state index in [-0.39, 0.29) is 5.91 Å². The number of benzene rings is 1. The second kappa shape index (κ2) is 7.77. The molecular weight excluding hydrogens is 336 g/mol. The van der Waals surface area contributed by atoms with Gasteiger partial charge in [-0.15, -0.1) is 0 Å². The van der Waals surface area contributed by atoms with E-state index < -0.39 is 0 Å². The maximum Gasteiger partial charge on any atom is 0.275 e. The number of nitrogens with one attached hydrogen (secondary N) is 1. The Hall–Kier alpha value is -3.22. The van der Waals surface area contributed by atoms with E-state index in [1.165, 1.54) is 0 Å². The highest BCUT2D eigenvalue weighted by Crippen LogP contribution is 2.36. The van der Waals surface area contributed by atoms with Crippen molar-refractivity contribution < 1.29 is 23.4 Å². The number of amides is 1. The van der Waals surface area contributed by atoms with Crippen LogP contribution in [0.25, 0.3) is 6.08 Å². The van der Waals surface area contributed by atoms with Gasteiger partial charge in [-0.25, -0.2) is 4.99 Å². The summed E-state index contributed by atoms with van der Waals surface area (Å²) in [6.07, 6.45) is 4.54. The van der Waals surface area contributed by atoms with Crippen LogP contribution in [-0.2, 0) is 11.2 Å². The Morgan fingerprint density at radius 2 is 1.81 bits per heavy atom. The topological polar surface area (TPSA) is 82.3 Å². The number of rotatable bonds is 7. The molecule has 0 atom stereocenters. The van der Waals surface area contributed by atoms with Gasteiger partial charge in [-0.2, -0.15) is 0 Å². The van der Waals surface area contributed by atoms with Gasteiger partial charge < -0.3 is 23.9 Å². The van der Waals surface area contributed by atoms with Gasteiger partial charge >= 0.3 is 0 Å². The van der Waals surface area contributed by atoms with Crippen LogP contribution in [0.3, 0.4) is 0 Å². The molecule has 3 rings (SSSR count). The normalized spacial score (nSPS) is 15.0. The van der Waals surface area contributed by atoms with Crippen LogP contribution >= 0.6 is 0 Å². The summed E-state index contributed by atoms with van der Waals surface area (Å²) in [5.41, 5.74) is 0.983. The Bertz CT molecular complexity index is 853. The SMILES string of the molecule is COc1cc(OC)c(OC)cc1/C=C1/N=C(CCc2ccco2)NC1=O. The van der Waals surface area contributed by atoms with Gasteiger partial charge in [0.2, 0.25) is 0 Å². The van der Waals surface area contributed by atoms with Crippen LogP contribution in [0, 0.1) is 0 Å². The number of amidine groups is 1. The summed E-state index contributed by atoms with van der Waals surface area (Å²) in [4.78, 5) is 16.6. The minimum atomic E-state index is -0.253. The molecule has 7 nitrogen and oxygen atoms in total. The molecule has 0 unspecified atom stereocenters. The van der Waals surface area contributed by atoms with E-state index in [1.807, 2.05) is 12.1 Å². The third-order valence-electron chi connectivity index (χ3n) is 3.96. The van der Waals surface area contributed by atoms with E-state index in [1.54, 1.807) is 45.8 Å². The van der Waals surface area contributed by atoms with Crippen molar-refractivity contribution in [2.45, 2.75) is 12.8 Å². The van der Waals surface area contributed by atoms with Gasteiger partial charge in [0.25, 0.3) is 5.91 Å². The first kappa shape index (κ1) is 17.6. The molecule has 0 radical (unpaired) electrons. The van der Waals surface area contributed by atoms with E-state index >= 15 is 0 Å². The highest BCUT2D eigenvalue weighted by atomic mass is 16.5. The molecule has 136 valence electrons. The van der Waals surface area contributed by atoms with Crippen molar-refractivity contribution in [2.24, 2.45) is 4.99 Å². The zero-order valence-corrected chi connectivity index (χ0v) is 14.9. The van der Waals surface area contributed by atoms with E-state index in [2.05, 4.69) is 10.3 Å². The van der Waals surface area contributed by atoms with Crippen molar-refractivity contribution >= 4 is 17.8 Å². The molecule has 2 heterocycles. The summed E-state index contributed by atoms with van der Waals surface area (Å²) in [7, 11) is 4.65. The summed E-state index contributed by atoms with van der Waals surface area (Å²) in [5.74, 6) is 2.85. The maximum atomic E-state index is 12.2. The number of furan rings is 1. The van der Waals surface area contributed by atoms with Crippen molar-refractivity contribution in [2.75, 3.05) is 21.3 Å². The predicted octanol–water partition coefficient (Wildman–Crippen LogP) is 2.81. The summed E-state index contributed by atoms with van der Waals surface area (Å²) in [6.45, 7) is 0. The number of hydrogen-bond donors (Lipinski definition) is 1. The number of nitrogens with zero attached hydrogens (tertiary/aromatic N) is 1. The van der Waals surface area contributed by atoms with Crippen molar-refractivity contribution in [1.29, 1.82) is 0 Å². The Labute approximate surface area is 151 Å². The second-order valence-electron chi connectivity index (χ2n) is 5.57. The Kier molecular flexibility index (Phi) is 5.26. The molecule has 0 fully saturated rings. The number of hydrogen-bond acceptors (Lipinski definition) is 6. The lowest BCUT2D eigenvalue weighted by molar-refractivity contribution is -0.115. The molecule has 0 saturated heterocycles. The van der Waals surface area contributed by atoms with Crippen LogP contribution in [0.4, 0.5) is 0 Å². The number of aryl methyl sites for hydroxylation is 1. The van der Waals surface area contributed by atoms with Crippen molar-refractivity contribution in [3.8, 4) is 17.2 Å². The molecule has 1 aromatic heterocycles. The number of aliphatic imine (C=N–C) groups is 1. The molecule has 7 heteroatoms. The first-order valence-electron chi connectivity index (χ1n) is 8.07. The molecule has 0 bridgehead atoms. The average Bonchev–Trinajstić information content (AvgIpc) is 3.29. The Balaban J connectivity index is 1.85. The summed E-state index contributed by atoms with van der Waals surface area (Å²) >= 11 is 0. The van der Waals surface area contributed by atoms with Crippen LogP contribution in [0.15, 0.2) is 45.6 Å². The number of carbonyl (C=O) groups is 1. The quantitative estimate of drug-likeness (QED) is 0.772. The minimum absolute atomic E-state index is 0.253. The van der Waals surface area contributed by atoms with Crippen molar-refractivity contribution in [3.05, 3.63) is 47.5 Å². The molecule has 1 amide bonds. The van der Waals surface area contributed by atoms with E-state index in [9.17, 15) is 4.79 Å². The minimum Gasteiger partial charge on any atom is -0.496 e. The first-order valence-corrected chi connectivity index (χ1v) is 8.07. The maximum absolute atomic E-state index is 12.2. The summed E-state index contributed by atoms with van der Waals surface area (Å²) in [5, 5.41) is 2.78. The van der Waals surface area contributed by atoms with Crippen LogP contribution in [-0.4, -0.2) is 33.1 Å². The molecule has 0 aliphatic carbocycles. The zero-order chi connectivity index (χ0) is 18.5. The monoisotopic (exact) mass is 356 g/mol. The third kappa shape index (κ3) is 3.72. The lowest BCUT2D eigenvalue weighted by Gasteiger charge is -2.12. The fourth-order valence-electron chi connectivity index (χ4n) is 2.64. The van der Waals surface area contributed by atoms with E-state index in [4.69, 9.17) is 18.6 Å². The molecule has 2 aromatic rings. The van der Waals surface area contributed by atoms with Crippen molar-refractivity contribution in [1.82, 2.24) is 5.32 Å². The number of ether oxygens (including phenoxy) is 3. The van der Waals surface area contributed by atoms with Crippen LogP contribution < -0.4 is 19.5 Å². The van der Waals surface area contributed by atoms with Gasteiger partial charge in [-0.3, -0.25) is 4.79 Å². The average molecular weight is 356 g/mol. The molecule has 1 aliphatic rings. The van der Waals surface area contributed by atoms with Crippen LogP contribution in [0.1, 0.15) is 17.7 Å². The largest absolute Gasteiger partial charge is 0.496 e. The molecule has 1 aromatic carbocycles. The van der Waals surface area contributed by atoms with Gasteiger partial charge in [-0.05, 0) is 24.3 Å². The molecule has 1 aliphatic heterocycles. The van der Waals surface area contributed by atoms with Gasteiger partial charge in [-0.1, -0.05) is 0 Å². The van der Waals surface area contributed by atoms with Crippen LogP contribution in [0.5, 0.6) is 17.2 Å². The summed E-state index contributed by atoms with van der Waals surface area (Å²) in [6, 6.07) is 7.18. The van der Waals surface area contributed by atoms with E-state index in [0.29, 0.717) is 47.2 Å². The molecule has 0 spiro atoms. The molecule has 26 heavy (non-hydrogen) atoms. The van der Waals surface area contributed by atoms with Crippen molar-refractivity contribution in [3.63, 3.8) is 0 Å². The third-order valence-corrected chi connectivity index (χ3v) is 3.96. The Morgan fingerprint density at radius 3 is 2.46 bits per heavy atom. The fraction of sp³-hybridized carbons (Fsp3) is 0.263. The standard InChI is InChI=1S/C19H20N2O5/c1-23-15-11-17(25-3)16(24-2)10-12(15)9-14-19(22)21-18(20-14)7-6-13-5-4-8-26-13/h4-5,8-11H,6-7H2,1-3H3,(H,20,21,22)/b14-9+. The number of carbonyl (C=O) groups excluding carboxylic acids is 1. The Morgan fingerprint density at radius 1 is 1.08 bits per heavy atom. The van der Waals surface area contributed by atoms with Gasteiger partial charge in [0.05, 0.1) is 27.6 Å². The van der Waals surface area contributed by atoms with Gasteiger partial charge in [0.15, 0.2) is 11.5 Å². The molecule has 1 N–H and O–H groups in total. The van der Waals surface area contributed by atoms with E-state index in [0.717, 1.165) is 5.76 Å². The van der Waals surface area contributed by atoms with Gasteiger partial charge in [0, 0.05) is 24.5 Å². The molecule has 0 saturated carbocycles.